The van der Waals surface area contributed by atoms with Gasteiger partial charge in [-0.05, 0) is 24.6 Å². The Kier molecular flexibility index (Phi) is 4.68. The molecule has 0 saturated carbocycles. The first-order chi connectivity index (χ1) is 7.13. The summed E-state index contributed by atoms with van der Waals surface area (Å²) in [5.74, 6) is -0.359. The molecule has 1 unspecified atom stereocenters. The highest BCUT2D eigenvalue weighted by molar-refractivity contribution is 5.18. The maximum atomic E-state index is 12.8. The molecule has 3 N–H and O–H groups in total. The van der Waals surface area contributed by atoms with E-state index in [1.54, 1.807) is 19.1 Å². The minimum absolute atomic E-state index is 0.00979. The summed E-state index contributed by atoms with van der Waals surface area (Å²) < 4.78 is 12.8. The van der Waals surface area contributed by atoms with Crippen LogP contribution < -0.4 is 5.32 Å². The molecule has 4 heteroatoms. The summed E-state index contributed by atoms with van der Waals surface area (Å²) in [6.07, 6.45) is -0.755. The fourth-order valence-corrected chi connectivity index (χ4v) is 1.21. The molecule has 15 heavy (non-hydrogen) atoms. The van der Waals surface area contributed by atoms with Gasteiger partial charge in [-0.2, -0.15) is 0 Å². The van der Waals surface area contributed by atoms with Gasteiger partial charge in [0.25, 0.3) is 0 Å². The van der Waals surface area contributed by atoms with Crippen molar-refractivity contribution < 1.29 is 14.6 Å². The van der Waals surface area contributed by atoms with Gasteiger partial charge < -0.3 is 15.5 Å². The molecule has 0 aliphatic heterocycles. The molecule has 1 aromatic carbocycles. The van der Waals surface area contributed by atoms with Crippen LogP contribution in [0.2, 0.25) is 0 Å². The van der Waals surface area contributed by atoms with Gasteiger partial charge in [0.05, 0.1) is 12.7 Å². The number of nitrogens with one attached hydrogen (secondary N) is 1. The van der Waals surface area contributed by atoms with Crippen LogP contribution in [0.5, 0.6) is 0 Å². The molecule has 0 aliphatic carbocycles. The van der Waals surface area contributed by atoms with Crippen molar-refractivity contribution in [3.05, 3.63) is 35.6 Å². The number of aliphatic hydroxyl groups excluding tert-OH is 2. The van der Waals surface area contributed by atoms with E-state index in [1.165, 1.54) is 12.1 Å². The van der Waals surface area contributed by atoms with E-state index >= 15 is 0 Å². The SMILES string of the molecule is C[C@H](CO)NCC(O)c1cccc(F)c1. The molecule has 0 spiro atoms. The van der Waals surface area contributed by atoms with E-state index < -0.39 is 6.10 Å². The van der Waals surface area contributed by atoms with Crippen molar-refractivity contribution in [3.63, 3.8) is 0 Å². The van der Waals surface area contributed by atoms with E-state index in [2.05, 4.69) is 5.32 Å². The average molecular weight is 213 g/mol. The molecular weight excluding hydrogens is 197 g/mol. The fraction of sp³-hybridized carbons (Fsp3) is 0.455. The van der Waals surface area contributed by atoms with Crippen LogP contribution in [0.15, 0.2) is 24.3 Å². The highest BCUT2D eigenvalue weighted by atomic mass is 19.1. The number of rotatable bonds is 5. The maximum absolute atomic E-state index is 12.8. The minimum atomic E-state index is -0.755. The lowest BCUT2D eigenvalue weighted by Gasteiger charge is -2.15. The first kappa shape index (κ1) is 12.1. The van der Waals surface area contributed by atoms with Gasteiger partial charge in [-0.25, -0.2) is 4.39 Å². The van der Waals surface area contributed by atoms with Crippen molar-refractivity contribution in [2.45, 2.75) is 19.1 Å². The van der Waals surface area contributed by atoms with Crippen molar-refractivity contribution in [1.29, 1.82) is 0 Å². The number of aliphatic hydroxyl groups is 2. The van der Waals surface area contributed by atoms with Crippen molar-refractivity contribution in [2.24, 2.45) is 0 Å². The monoisotopic (exact) mass is 213 g/mol. The number of hydrogen-bond acceptors (Lipinski definition) is 3. The lowest BCUT2D eigenvalue weighted by Crippen LogP contribution is -2.32. The van der Waals surface area contributed by atoms with Crippen LogP contribution >= 0.6 is 0 Å². The second kappa shape index (κ2) is 5.80. The first-order valence-corrected chi connectivity index (χ1v) is 4.91. The summed E-state index contributed by atoms with van der Waals surface area (Å²) in [6, 6.07) is 5.78. The topological polar surface area (TPSA) is 52.5 Å². The van der Waals surface area contributed by atoms with Gasteiger partial charge in [-0.15, -0.1) is 0 Å². The summed E-state index contributed by atoms with van der Waals surface area (Å²) in [5, 5.41) is 21.4. The fourth-order valence-electron chi connectivity index (χ4n) is 1.21. The smallest absolute Gasteiger partial charge is 0.123 e. The lowest BCUT2D eigenvalue weighted by atomic mass is 10.1. The molecule has 0 saturated heterocycles. The van der Waals surface area contributed by atoms with Crippen LogP contribution in [0.4, 0.5) is 4.39 Å². The zero-order valence-corrected chi connectivity index (χ0v) is 8.65. The second-order valence-electron chi connectivity index (χ2n) is 3.56. The van der Waals surface area contributed by atoms with Crippen LogP contribution in [-0.2, 0) is 0 Å². The van der Waals surface area contributed by atoms with E-state index in [-0.39, 0.29) is 18.5 Å². The Hall–Kier alpha value is -0.970. The van der Waals surface area contributed by atoms with Crippen molar-refractivity contribution in [2.75, 3.05) is 13.2 Å². The van der Waals surface area contributed by atoms with E-state index in [0.29, 0.717) is 12.1 Å². The third kappa shape index (κ3) is 3.95. The Bertz CT molecular complexity index is 306. The maximum Gasteiger partial charge on any atom is 0.123 e. The largest absolute Gasteiger partial charge is 0.395 e. The van der Waals surface area contributed by atoms with Crippen LogP contribution in [-0.4, -0.2) is 29.4 Å². The molecule has 0 aromatic heterocycles. The summed E-state index contributed by atoms with van der Waals surface area (Å²) in [5.41, 5.74) is 0.535. The highest BCUT2D eigenvalue weighted by Gasteiger charge is 2.09. The number of benzene rings is 1. The van der Waals surface area contributed by atoms with Crippen LogP contribution in [0.3, 0.4) is 0 Å². The molecule has 0 amide bonds. The second-order valence-corrected chi connectivity index (χ2v) is 3.56. The van der Waals surface area contributed by atoms with Crippen LogP contribution in [0.25, 0.3) is 0 Å². The summed E-state index contributed by atoms with van der Waals surface area (Å²) >= 11 is 0. The van der Waals surface area contributed by atoms with Gasteiger partial charge >= 0.3 is 0 Å². The molecular formula is C11H16FNO2. The summed E-state index contributed by atoms with van der Waals surface area (Å²) in [6.45, 7) is 2.11. The van der Waals surface area contributed by atoms with Crippen LogP contribution in [0, 0.1) is 5.82 Å². The van der Waals surface area contributed by atoms with Gasteiger partial charge in [-0.1, -0.05) is 12.1 Å². The van der Waals surface area contributed by atoms with Crippen molar-refractivity contribution in [1.82, 2.24) is 5.32 Å². The van der Waals surface area contributed by atoms with Gasteiger partial charge in [0.15, 0.2) is 0 Å². The van der Waals surface area contributed by atoms with Gasteiger partial charge in [-0.3, -0.25) is 0 Å². The van der Waals surface area contributed by atoms with E-state index in [9.17, 15) is 9.50 Å². The summed E-state index contributed by atoms with van der Waals surface area (Å²) in [7, 11) is 0. The molecule has 0 aliphatic rings. The van der Waals surface area contributed by atoms with E-state index in [4.69, 9.17) is 5.11 Å². The Morgan fingerprint density at radius 3 is 2.80 bits per heavy atom. The van der Waals surface area contributed by atoms with Crippen molar-refractivity contribution in [3.8, 4) is 0 Å². The molecule has 0 fully saturated rings. The van der Waals surface area contributed by atoms with E-state index in [0.717, 1.165) is 0 Å². The normalized spacial score (nSPS) is 14.9. The Morgan fingerprint density at radius 2 is 2.20 bits per heavy atom. The van der Waals surface area contributed by atoms with Crippen LogP contribution in [0.1, 0.15) is 18.6 Å². The number of hydrogen-bond donors (Lipinski definition) is 3. The lowest BCUT2D eigenvalue weighted by molar-refractivity contribution is 0.161. The predicted molar refractivity (Wildman–Crippen MR) is 55.9 cm³/mol. The molecule has 0 heterocycles. The molecule has 3 nitrogen and oxygen atoms in total. The van der Waals surface area contributed by atoms with Gasteiger partial charge in [0.1, 0.15) is 5.82 Å². The Morgan fingerprint density at radius 1 is 1.47 bits per heavy atom. The Balaban J connectivity index is 2.50. The molecule has 0 radical (unpaired) electrons. The molecule has 0 bridgehead atoms. The molecule has 1 rings (SSSR count). The minimum Gasteiger partial charge on any atom is -0.395 e. The zero-order chi connectivity index (χ0) is 11.3. The number of halogens is 1. The standard InChI is InChI=1S/C11H16FNO2/c1-8(7-14)13-6-11(15)9-3-2-4-10(12)5-9/h2-5,8,11,13-15H,6-7H2,1H3/t8-,11?/m1/s1. The summed E-state index contributed by atoms with van der Waals surface area (Å²) in [4.78, 5) is 0. The third-order valence-electron chi connectivity index (χ3n) is 2.17. The highest BCUT2D eigenvalue weighted by Crippen LogP contribution is 2.12. The predicted octanol–water partition coefficient (Wildman–Crippen LogP) is 0.830. The third-order valence-corrected chi connectivity index (χ3v) is 2.17. The van der Waals surface area contributed by atoms with Crippen molar-refractivity contribution >= 4 is 0 Å². The molecule has 1 aromatic rings. The zero-order valence-electron chi connectivity index (χ0n) is 8.65. The van der Waals surface area contributed by atoms with Gasteiger partial charge in [0, 0.05) is 12.6 Å². The average Bonchev–Trinajstić information content (AvgIpc) is 2.25. The van der Waals surface area contributed by atoms with Gasteiger partial charge in [0.2, 0.25) is 0 Å². The Labute approximate surface area is 88.6 Å². The first-order valence-electron chi connectivity index (χ1n) is 4.91. The quantitative estimate of drug-likeness (QED) is 0.679. The van der Waals surface area contributed by atoms with E-state index in [1.807, 2.05) is 0 Å². The molecule has 84 valence electrons. The molecule has 2 atom stereocenters.